The monoisotopic (exact) mass is 662 g/mol. The van der Waals surface area contributed by atoms with Gasteiger partial charge in [-0.2, -0.15) is 0 Å². The molecule has 1 radical (unpaired) electrons. The smallest absolute Gasteiger partial charge is 0.429 e. The predicted molar refractivity (Wildman–Crippen MR) is 203 cm³/mol. The van der Waals surface area contributed by atoms with Crippen LogP contribution in [0.25, 0.3) is 0 Å². The molecule has 0 fully saturated rings. The molecule has 0 saturated heterocycles. The molecule has 0 atom stereocenters. The summed E-state index contributed by atoms with van der Waals surface area (Å²) >= 11 is 0. The molecule has 1 heterocycles. The van der Waals surface area contributed by atoms with E-state index in [1.54, 1.807) is 43.7 Å². The molecule has 1 aliphatic heterocycles. The number of benzene rings is 1. The van der Waals surface area contributed by atoms with E-state index in [0.29, 0.717) is 43.9 Å². The molecule has 0 aliphatic carbocycles. The van der Waals surface area contributed by atoms with Crippen LogP contribution >= 0.6 is 0 Å². The summed E-state index contributed by atoms with van der Waals surface area (Å²) in [5, 5.41) is 53.6. The first-order valence-corrected chi connectivity index (χ1v) is 17.5. The van der Waals surface area contributed by atoms with E-state index >= 15 is 0 Å². The van der Waals surface area contributed by atoms with E-state index in [1.165, 1.54) is 0 Å². The van der Waals surface area contributed by atoms with Gasteiger partial charge in [-0.3, -0.25) is 9.90 Å². The summed E-state index contributed by atoms with van der Waals surface area (Å²) in [7, 11) is -2.81. The maximum atomic E-state index is 11.3. The third-order valence-corrected chi connectivity index (χ3v) is 8.09. The fraction of sp³-hybridized carbons (Fsp3) is 0.655. The average molecular weight is 662 g/mol. The molecule has 1 aromatic rings. The molecule has 0 spiro atoms. The van der Waals surface area contributed by atoms with Crippen molar-refractivity contribution in [2.75, 3.05) is 26.2 Å². The third kappa shape index (κ3) is 15.2. The number of hydrogen-bond acceptors (Lipinski definition) is 10. The first-order valence-electron chi connectivity index (χ1n) is 17.5. The highest BCUT2D eigenvalue weighted by atomic mass is 16.2. The standard InChI is InChI=1S/C29H54B6N7O6/c1-31(44)38-27(39-32(2)45)14-11-9-7-6-8-10-12-21-41(34(4)47)29(37-30-24-43)42(35(5)48)23-19-25-15-17-26(18-16-25)28-36-20-13-22-40(28)33(3)46/h15-18,24,44-48H,6-14,19-23H2,1-5H3,(H,38,39). The largest absolute Gasteiger partial charge is 0.433 e. The van der Waals surface area contributed by atoms with E-state index < -0.39 is 35.3 Å². The van der Waals surface area contributed by atoms with E-state index in [4.69, 9.17) is 0 Å². The van der Waals surface area contributed by atoms with Crippen LogP contribution in [0.2, 0.25) is 34.1 Å². The quantitative estimate of drug-likeness (QED) is 0.0368. The molecule has 2 rings (SSSR count). The van der Waals surface area contributed by atoms with Gasteiger partial charge in [0, 0.05) is 38.2 Å². The minimum Gasteiger partial charge on any atom is -0.433 e. The molecule has 1 aromatic carbocycles. The number of unbranched alkanes of at least 4 members (excludes halogenated alkanes) is 6. The van der Waals surface area contributed by atoms with Gasteiger partial charge in [-0.1, -0.05) is 56.4 Å². The van der Waals surface area contributed by atoms with Crippen molar-refractivity contribution in [1.29, 1.82) is 0 Å². The molecule has 0 unspecified atom stereocenters. The minimum atomic E-state index is -0.914. The fourth-order valence-electron chi connectivity index (χ4n) is 5.73. The summed E-state index contributed by atoms with van der Waals surface area (Å²) in [6, 6.07) is 8.03. The normalized spacial score (nSPS) is 13.5. The predicted octanol–water partition coefficient (Wildman–Crippen LogP) is 1.11. The van der Waals surface area contributed by atoms with Gasteiger partial charge in [0.25, 0.3) is 0 Å². The zero-order valence-corrected chi connectivity index (χ0v) is 29.6. The number of carbonyl (C=O) groups is 1. The Balaban J connectivity index is 1.93. The Morgan fingerprint density at radius 1 is 0.917 bits per heavy atom. The lowest BCUT2D eigenvalue weighted by atomic mass is 9.81. The molecule has 6 N–H and O–H groups in total. The van der Waals surface area contributed by atoms with E-state index in [0.717, 1.165) is 88.8 Å². The van der Waals surface area contributed by atoms with Gasteiger partial charge in [0.2, 0.25) is 0 Å². The van der Waals surface area contributed by atoms with Crippen molar-refractivity contribution in [2.24, 2.45) is 14.8 Å². The lowest BCUT2D eigenvalue weighted by Gasteiger charge is -2.36. The maximum absolute atomic E-state index is 11.3. The van der Waals surface area contributed by atoms with Gasteiger partial charge in [-0.25, -0.2) is 0 Å². The number of rotatable bonds is 21. The molecule has 48 heavy (non-hydrogen) atoms. The minimum absolute atomic E-state index is 0.341. The molecular formula is C29H54B6N7O6. The summed E-state index contributed by atoms with van der Waals surface area (Å²) in [6.45, 7) is 10.7. The molecule has 0 saturated carbocycles. The van der Waals surface area contributed by atoms with Crippen LogP contribution in [0.1, 0.15) is 68.9 Å². The van der Waals surface area contributed by atoms with E-state index in [1.807, 2.05) is 29.1 Å². The first-order chi connectivity index (χ1) is 22.9. The average Bonchev–Trinajstić information content (AvgIpc) is 3.03. The lowest BCUT2D eigenvalue weighted by molar-refractivity contribution is 0.400. The number of nitrogens with zero attached hydrogens (tertiary/aromatic N) is 6. The molecule has 19 heteroatoms. The van der Waals surface area contributed by atoms with Gasteiger partial charge in [-0.05, 0) is 65.4 Å². The van der Waals surface area contributed by atoms with Gasteiger partial charge in [0.05, 0.1) is 5.84 Å². The van der Waals surface area contributed by atoms with Crippen molar-refractivity contribution in [3.8, 4) is 0 Å². The number of aliphatic imine (C=N–C) groups is 1. The summed E-state index contributed by atoms with van der Waals surface area (Å²) in [4.78, 5) is 29.7. The van der Waals surface area contributed by atoms with Crippen molar-refractivity contribution in [1.82, 2.24) is 19.7 Å². The van der Waals surface area contributed by atoms with Crippen LogP contribution in [-0.4, -0.2) is 132 Å². The molecule has 1 aliphatic rings. The molecule has 0 amide bonds. The highest BCUT2D eigenvalue weighted by Gasteiger charge is 2.29. The van der Waals surface area contributed by atoms with Crippen LogP contribution in [0, 0.1) is 0 Å². The Labute approximate surface area is 290 Å². The molecule has 0 aromatic heterocycles. The second-order valence-corrected chi connectivity index (χ2v) is 12.4. The molecule has 13 nitrogen and oxygen atoms in total. The molecule has 259 valence electrons. The van der Waals surface area contributed by atoms with Gasteiger partial charge in [0.1, 0.15) is 12.0 Å². The van der Waals surface area contributed by atoms with Gasteiger partial charge in [0.15, 0.2) is 5.96 Å². The summed E-state index contributed by atoms with van der Waals surface area (Å²) in [6.07, 6.45) is 9.57. The van der Waals surface area contributed by atoms with Crippen LogP contribution in [0.15, 0.2) is 39.1 Å². The van der Waals surface area contributed by atoms with Crippen LogP contribution in [0.4, 0.5) is 0 Å². The zero-order chi connectivity index (χ0) is 35.5. The van der Waals surface area contributed by atoms with Crippen LogP contribution in [0.5, 0.6) is 0 Å². The van der Waals surface area contributed by atoms with Crippen molar-refractivity contribution in [3.05, 3.63) is 35.4 Å². The van der Waals surface area contributed by atoms with E-state index in [-0.39, 0.29) is 0 Å². The van der Waals surface area contributed by atoms with E-state index in [2.05, 4.69) is 20.0 Å². The van der Waals surface area contributed by atoms with E-state index in [9.17, 15) is 29.9 Å². The Bertz CT molecular complexity index is 1160. The maximum Gasteiger partial charge on any atom is 0.429 e. The first kappa shape index (κ1) is 41.5. The van der Waals surface area contributed by atoms with Crippen molar-refractivity contribution in [3.63, 3.8) is 0 Å². The summed E-state index contributed by atoms with van der Waals surface area (Å²) in [5.74, 6) is 1.74. The number of guanidine groups is 1. The fourth-order valence-corrected chi connectivity index (χ4v) is 5.73. The Hall–Kier alpha value is -2.71. The van der Waals surface area contributed by atoms with Crippen LogP contribution in [0.3, 0.4) is 0 Å². The Morgan fingerprint density at radius 3 is 2.08 bits per heavy atom. The van der Waals surface area contributed by atoms with Crippen molar-refractivity contribution in [2.45, 2.75) is 98.3 Å². The summed E-state index contributed by atoms with van der Waals surface area (Å²) < 4.78 is 0. The van der Waals surface area contributed by atoms with Gasteiger partial charge in [-0.15, -0.1) is 0 Å². The van der Waals surface area contributed by atoms with Crippen LogP contribution in [-0.2, 0) is 11.2 Å². The second kappa shape index (κ2) is 22.8. The topological polar surface area (TPSA) is 177 Å². The third-order valence-electron chi connectivity index (χ3n) is 8.09. The highest BCUT2D eigenvalue weighted by molar-refractivity contribution is 6.67. The van der Waals surface area contributed by atoms with Gasteiger partial charge >= 0.3 is 42.7 Å². The van der Waals surface area contributed by atoms with Crippen molar-refractivity contribution < 1.29 is 29.9 Å². The number of nitrogens with one attached hydrogen (secondary N) is 1. The lowest BCUT2D eigenvalue weighted by Crippen LogP contribution is -2.55. The summed E-state index contributed by atoms with van der Waals surface area (Å²) in [5.41, 5.74) is 1.98. The molecule has 0 bridgehead atoms. The number of amidine groups is 2. The SMILES string of the molecule is CB(O)N=C(CCCCCCCCCN(B(C)O)C(=N[B]C=O)N(CCc1ccc(C2=NCCCN2B(C)O)cc1)B(C)O)NB(C)O. The Kier molecular flexibility index (Phi) is 19.7. The number of carbonyl (C=O) groups excluding carboxylic acids is 1. The second-order valence-electron chi connectivity index (χ2n) is 12.4. The van der Waals surface area contributed by atoms with Gasteiger partial charge < -0.3 is 54.5 Å². The van der Waals surface area contributed by atoms with Crippen LogP contribution < -0.4 is 5.23 Å². The molecular weight excluding hydrogens is 607 g/mol. The number of hydrogen-bond donors (Lipinski definition) is 6. The van der Waals surface area contributed by atoms with Crippen molar-refractivity contribution >= 4 is 66.5 Å². The highest BCUT2D eigenvalue weighted by Crippen LogP contribution is 2.16. The Morgan fingerprint density at radius 2 is 1.52 bits per heavy atom. The zero-order valence-electron chi connectivity index (χ0n) is 29.6.